The normalized spacial score (nSPS) is 25.0. The van der Waals surface area contributed by atoms with Crippen molar-refractivity contribution in [2.75, 3.05) is 0 Å². The predicted octanol–water partition coefficient (Wildman–Crippen LogP) is 2.60. The van der Waals surface area contributed by atoms with Crippen molar-refractivity contribution in [2.24, 2.45) is 10.8 Å². The van der Waals surface area contributed by atoms with Crippen LogP contribution in [0.3, 0.4) is 0 Å². The summed E-state index contributed by atoms with van der Waals surface area (Å²) >= 11 is 0. The SMILES string of the molecule is CCC1CC(C)(C)C(=O)N1C(=O)C(C)(C)C. The maximum absolute atomic E-state index is 12.2. The quantitative estimate of drug-likeness (QED) is 0.688. The zero-order valence-corrected chi connectivity index (χ0v) is 11.3. The lowest BCUT2D eigenvalue weighted by molar-refractivity contribution is -0.152. The summed E-state index contributed by atoms with van der Waals surface area (Å²) in [6.07, 6.45) is 1.63. The molecule has 0 aliphatic carbocycles. The first-order valence-corrected chi connectivity index (χ1v) is 5.99. The fourth-order valence-electron chi connectivity index (χ4n) is 2.21. The second-order valence-electron chi connectivity index (χ2n) is 6.38. The molecule has 1 aliphatic rings. The molecule has 2 amide bonds. The average Bonchev–Trinajstić information content (AvgIpc) is 2.35. The van der Waals surface area contributed by atoms with Crippen LogP contribution in [-0.4, -0.2) is 22.8 Å². The van der Waals surface area contributed by atoms with Gasteiger partial charge in [-0.15, -0.1) is 0 Å². The first-order valence-electron chi connectivity index (χ1n) is 5.99. The van der Waals surface area contributed by atoms with Gasteiger partial charge in [-0.3, -0.25) is 14.5 Å². The van der Waals surface area contributed by atoms with Gasteiger partial charge in [0.15, 0.2) is 0 Å². The highest BCUT2D eigenvalue weighted by atomic mass is 16.2. The van der Waals surface area contributed by atoms with Gasteiger partial charge in [-0.05, 0) is 12.8 Å². The number of likely N-dealkylation sites (tertiary alicyclic amines) is 1. The standard InChI is InChI=1S/C13H23NO2/c1-7-9-8-13(5,6)11(16)14(9)10(15)12(2,3)4/h9H,7-8H2,1-6H3. The third kappa shape index (κ3) is 2.13. The lowest BCUT2D eigenvalue weighted by Gasteiger charge is -2.29. The highest BCUT2D eigenvalue weighted by Gasteiger charge is 2.49. The van der Waals surface area contributed by atoms with E-state index in [0.29, 0.717) is 0 Å². The van der Waals surface area contributed by atoms with Crippen molar-refractivity contribution in [2.45, 2.75) is 60.4 Å². The van der Waals surface area contributed by atoms with Gasteiger partial charge in [0.05, 0.1) is 0 Å². The van der Waals surface area contributed by atoms with Gasteiger partial charge >= 0.3 is 0 Å². The molecule has 0 bridgehead atoms. The Bertz CT molecular complexity index is 312. The van der Waals surface area contributed by atoms with Crippen LogP contribution in [0, 0.1) is 10.8 Å². The third-order valence-electron chi connectivity index (χ3n) is 3.24. The van der Waals surface area contributed by atoms with Crippen LogP contribution >= 0.6 is 0 Å². The van der Waals surface area contributed by atoms with Crippen LogP contribution in [0.25, 0.3) is 0 Å². The molecule has 0 aromatic rings. The van der Waals surface area contributed by atoms with Crippen molar-refractivity contribution >= 4 is 11.8 Å². The van der Waals surface area contributed by atoms with Crippen molar-refractivity contribution in [3.63, 3.8) is 0 Å². The Hall–Kier alpha value is -0.860. The third-order valence-corrected chi connectivity index (χ3v) is 3.24. The number of carbonyl (C=O) groups excluding carboxylic acids is 2. The maximum Gasteiger partial charge on any atom is 0.235 e. The summed E-state index contributed by atoms with van der Waals surface area (Å²) in [5.74, 6) is -0.0609. The second-order valence-corrected chi connectivity index (χ2v) is 6.38. The molecule has 1 unspecified atom stereocenters. The molecule has 0 aromatic carbocycles. The van der Waals surface area contributed by atoms with Crippen molar-refractivity contribution in [3.05, 3.63) is 0 Å². The van der Waals surface area contributed by atoms with Crippen molar-refractivity contribution in [1.82, 2.24) is 4.90 Å². The molecule has 1 fully saturated rings. The van der Waals surface area contributed by atoms with Gasteiger partial charge in [0.2, 0.25) is 11.8 Å². The van der Waals surface area contributed by atoms with Gasteiger partial charge in [0.25, 0.3) is 0 Å². The van der Waals surface area contributed by atoms with E-state index in [4.69, 9.17) is 0 Å². The minimum atomic E-state index is -0.483. The number of carbonyl (C=O) groups is 2. The van der Waals surface area contributed by atoms with E-state index >= 15 is 0 Å². The van der Waals surface area contributed by atoms with Crippen molar-refractivity contribution in [3.8, 4) is 0 Å². The Morgan fingerprint density at radius 1 is 1.44 bits per heavy atom. The van der Waals surface area contributed by atoms with Crippen LogP contribution < -0.4 is 0 Å². The summed E-state index contributed by atoms with van der Waals surface area (Å²) in [6.45, 7) is 11.5. The van der Waals surface area contributed by atoms with E-state index in [1.165, 1.54) is 4.90 Å². The minimum absolute atomic E-state index is 0.0146. The van der Waals surface area contributed by atoms with E-state index in [2.05, 4.69) is 0 Å². The lowest BCUT2D eigenvalue weighted by atomic mass is 9.89. The molecule has 0 radical (unpaired) electrons. The first-order chi connectivity index (χ1) is 7.11. The largest absolute Gasteiger partial charge is 0.279 e. The van der Waals surface area contributed by atoms with Gasteiger partial charge in [0, 0.05) is 16.9 Å². The molecule has 0 N–H and O–H groups in total. The van der Waals surface area contributed by atoms with E-state index in [0.717, 1.165) is 12.8 Å². The van der Waals surface area contributed by atoms with E-state index in [1.807, 2.05) is 41.5 Å². The molecular weight excluding hydrogens is 202 g/mol. The van der Waals surface area contributed by atoms with E-state index in [-0.39, 0.29) is 23.3 Å². The van der Waals surface area contributed by atoms with Crippen LogP contribution in [0.2, 0.25) is 0 Å². The highest BCUT2D eigenvalue weighted by Crippen LogP contribution is 2.38. The molecule has 1 aliphatic heterocycles. The number of imide groups is 1. The maximum atomic E-state index is 12.2. The molecule has 0 saturated carbocycles. The fourth-order valence-corrected chi connectivity index (χ4v) is 2.21. The molecule has 92 valence electrons. The second kappa shape index (κ2) is 3.86. The van der Waals surface area contributed by atoms with Gasteiger partial charge < -0.3 is 0 Å². The van der Waals surface area contributed by atoms with Gasteiger partial charge in [0.1, 0.15) is 0 Å². The fraction of sp³-hybridized carbons (Fsp3) is 0.846. The summed E-state index contributed by atoms with van der Waals surface area (Å²) < 4.78 is 0. The van der Waals surface area contributed by atoms with Crippen LogP contribution in [0.5, 0.6) is 0 Å². The minimum Gasteiger partial charge on any atom is -0.279 e. The zero-order valence-electron chi connectivity index (χ0n) is 11.3. The zero-order chi connectivity index (χ0) is 12.7. The summed E-state index contributed by atoms with van der Waals surface area (Å²) in [7, 11) is 0. The van der Waals surface area contributed by atoms with Crippen LogP contribution in [-0.2, 0) is 9.59 Å². The molecular formula is C13H23NO2. The van der Waals surface area contributed by atoms with Crippen molar-refractivity contribution in [1.29, 1.82) is 0 Å². The van der Waals surface area contributed by atoms with E-state index < -0.39 is 5.41 Å². The smallest absolute Gasteiger partial charge is 0.235 e. The number of amides is 2. The molecule has 0 spiro atoms. The summed E-state index contributed by atoms with van der Waals surface area (Å²) in [5.41, 5.74) is -0.870. The van der Waals surface area contributed by atoms with Gasteiger partial charge in [-0.2, -0.15) is 0 Å². The Morgan fingerprint density at radius 2 is 1.94 bits per heavy atom. The molecule has 3 nitrogen and oxygen atoms in total. The Balaban J connectivity index is 3.03. The molecule has 16 heavy (non-hydrogen) atoms. The topological polar surface area (TPSA) is 37.4 Å². The van der Waals surface area contributed by atoms with Crippen molar-refractivity contribution < 1.29 is 9.59 Å². The number of nitrogens with zero attached hydrogens (tertiary/aromatic N) is 1. The molecule has 1 saturated heterocycles. The monoisotopic (exact) mass is 225 g/mol. The molecule has 0 aromatic heterocycles. The average molecular weight is 225 g/mol. The van der Waals surface area contributed by atoms with Gasteiger partial charge in [-0.25, -0.2) is 0 Å². The lowest BCUT2D eigenvalue weighted by Crippen LogP contribution is -2.45. The predicted molar refractivity (Wildman–Crippen MR) is 63.8 cm³/mol. The number of hydrogen-bond acceptors (Lipinski definition) is 2. The first kappa shape index (κ1) is 13.2. The summed E-state index contributed by atoms with van der Waals surface area (Å²) in [6, 6.07) is 0.0780. The Kier molecular flexibility index (Phi) is 3.19. The summed E-state index contributed by atoms with van der Waals surface area (Å²) in [4.78, 5) is 25.9. The molecule has 3 heteroatoms. The molecule has 1 atom stereocenters. The van der Waals surface area contributed by atoms with Gasteiger partial charge in [-0.1, -0.05) is 41.5 Å². The number of rotatable bonds is 1. The number of hydrogen-bond donors (Lipinski definition) is 0. The highest BCUT2D eigenvalue weighted by molar-refractivity contribution is 6.01. The van der Waals surface area contributed by atoms with E-state index in [1.54, 1.807) is 0 Å². The Morgan fingerprint density at radius 3 is 2.31 bits per heavy atom. The van der Waals surface area contributed by atoms with E-state index in [9.17, 15) is 9.59 Å². The van der Waals surface area contributed by atoms with Crippen LogP contribution in [0.4, 0.5) is 0 Å². The molecule has 1 heterocycles. The Labute approximate surface area is 98.2 Å². The van der Waals surface area contributed by atoms with Crippen LogP contribution in [0.15, 0.2) is 0 Å². The summed E-state index contributed by atoms with van der Waals surface area (Å²) in [5, 5.41) is 0. The van der Waals surface area contributed by atoms with Crippen LogP contribution in [0.1, 0.15) is 54.4 Å². The molecule has 1 rings (SSSR count).